The van der Waals surface area contributed by atoms with Gasteiger partial charge in [0, 0.05) is 18.8 Å². The van der Waals surface area contributed by atoms with Crippen LogP contribution in [0, 0.1) is 5.92 Å². The van der Waals surface area contributed by atoms with Crippen LogP contribution in [0.2, 0.25) is 0 Å². The van der Waals surface area contributed by atoms with Crippen molar-refractivity contribution in [3.05, 3.63) is 29.8 Å². The molecule has 126 valence electrons. The maximum Gasteiger partial charge on any atom is 0.309 e. The first-order chi connectivity index (χ1) is 11.1. The average Bonchev–Trinajstić information content (AvgIpc) is 2.60. The van der Waals surface area contributed by atoms with Crippen LogP contribution in [-0.2, 0) is 20.7 Å². The van der Waals surface area contributed by atoms with Gasteiger partial charge in [0.05, 0.1) is 19.1 Å². The van der Waals surface area contributed by atoms with Crippen molar-refractivity contribution in [2.45, 2.75) is 33.1 Å². The minimum absolute atomic E-state index is 0.0615. The standard InChI is InChI=1S/C18H26N2O3/c1-3-14-5-7-16(8-6-14)19-13-17(21)20-11-9-15(10-12-20)18(22)23-4-2/h5-8,15,19H,3-4,9-13H2,1-2H3. The van der Waals surface area contributed by atoms with E-state index in [0.29, 0.717) is 32.5 Å². The highest BCUT2D eigenvalue weighted by molar-refractivity contribution is 5.81. The molecule has 2 rings (SSSR count). The Morgan fingerprint density at radius 1 is 1.17 bits per heavy atom. The van der Waals surface area contributed by atoms with Crippen LogP contribution >= 0.6 is 0 Å². The molecule has 0 atom stereocenters. The van der Waals surface area contributed by atoms with Crippen molar-refractivity contribution in [2.24, 2.45) is 5.92 Å². The number of hydrogen-bond donors (Lipinski definition) is 1. The quantitative estimate of drug-likeness (QED) is 0.819. The van der Waals surface area contributed by atoms with Crippen LogP contribution in [-0.4, -0.2) is 43.0 Å². The summed E-state index contributed by atoms with van der Waals surface area (Å²) in [5, 5.41) is 3.16. The van der Waals surface area contributed by atoms with Gasteiger partial charge in [-0.1, -0.05) is 19.1 Å². The summed E-state index contributed by atoms with van der Waals surface area (Å²) in [5.41, 5.74) is 2.24. The van der Waals surface area contributed by atoms with Gasteiger partial charge in [0.2, 0.25) is 5.91 Å². The number of nitrogens with zero attached hydrogens (tertiary/aromatic N) is 1. The van der Waals surface area contributed by atoms with Gasteiger partial charge in [0.15, 0.2) is 0 Å². The first kappa shape index (κ1) is 17.3. The van der Waals surface area contributed by atoms with Gasteiger partial charge >= 0.3 is 5.97 Å². The lowest BCUT2D eigenvalue weighted by atomic mass is 9.97. The van der Waals surface area contributed by atoms with Crippen molar-refractivity contribution >= 4 is 17.6 Å². The highest BCUT2D eigenvalue weighted by Gasteiger charge is 2.27. The highest BCUT2D eigenvalue weighted by Crippen LogP contribution is 2.19. The number of nitrogens with one attached hydrogen (secondary N) is 1. The van der Waals surface area contributed by atoms with Crippen LogP contribution in [0.1, 0.15) is 32.3 Å². The van der Waals surface area contributed by atoms with E-state index in [4.69, 9.17) is 4.74 Å². The fraction of sp³-hybridized carbons (Fsp3) is 0.556. The van der Waals surface area contributed by atoms with Crippen LogP contribution in [0.25, 0.3) is 0 Å². The average molecular weight is 318 g/mol. The Balaban J connectivity index is 1.75. The number of carbonyl (C=O) groups is 2. The van der Waals surface area contributed by atoms with E-state index in [1.807, 2.05) is 24.0 Å². The summed E-state index contributed by atoms with van der Waals surface area (Å²) in [6, 6.07) is 8.13. The summed E-state index contributed by atoms with van der Waals surface area (Å²) < 4.78 is 5.05. The molecule has 1 amide bonds. The van der Waals surface area contributed by atoms with Gasteiger partial charge in [-0.2, -0.15) is 0 Å². The molecule has 1 aliphatic rings. The monoisotopic (exact) mass is 318 g/mol. The molecule has 0 aromatic heterocycles. The van der Waals surface area contributed by atoms with Gasteiger partial charge in [-0.25, -0.2) is 0 Å². The molecule has 1 N–H and O–H groups in total. The van der Waals surface area contributed by atoms with E-state index in [-0.39, 0.29) is 24.3 Å². The number of anilines is 1. The molecule has 1 heterocycles. The fourth-order valence-electron chi connectivity index (χ4n) is 2.77. The third-order valence-corrected chi connectivity index (χ3v) is 4.27. The van der Waals surface area contributed by atoms with Crippen molar-refractivity contribution in [1.29, 1.82) is 0 Å². The lowest BCUT2D eigenvalue weighted by Gasteiger charge is -2.31. The van der Waals surface area contributed by atoms with Gasteiger partial charge < -0.3 is 15.0 Å². The van der Waals surface area contributed by atoms with E-state index >= 15 is 0 Å². The van der Waals surface area contributed by atoms with Crippen molar-refractivity contribution < 1.29 is 14.3 Å². The Labute approximate surface area is 138 Å². The third kappa shape index (κ3) is 4.98. The first-order valence-electron chi connectivity index (χ1n) is 8.41. The summed E-state index contributed by atoms with van der Waals surface area (Å²) in [6.45, 7) is 5.88. The zero-order valence-electron chi connectivity index (χ0n) is 14.0. The number of piperidine rings is 1. The molecule has 0 spiro atoms. The summed E-state index contributed by atoms with van der Waals surface area (Å²) in [5.74, 6) is -0.117. The smallest absolute Gasteiger partial charge is 0.309 e. The van der Waals surface area contributed by atoms with E-state index in [1.165, 1.54) is 5.56 Å². The van der Waals surface area contributed by atoms with Crippen molar-refractivity contribution in [2.75, 3.05) is 31.6 Å². The van der Waals surface area contributed by atoms with Crippen LogP contribution in [0.3, 0.4) is 0 Å². The molecule has 1 saturated heterocycles. The fourth-order valence-corrected chi connectivity index (χ4v) is 2.77. The summed E-state index contributed by atoms with van der Waals surface area (Å²) in [6.07, 6.45) is 2.39. The molecule has 5 nitrogen and oxygen atoms in total. The molecule has 1 aromatic carbocycles. The summed E-state index contributed by atoms with van der Waals surface area (Å²) in [7, 11) is 0. The minimum Gasteiger partial charge on any atom is -0.466 e. The highest BCUT2D eigenvalue weighted by atomic mass is 16.5. The number of carbonyl (C=O) groups excluding carboxylic acids is 2. The van der Waals surface area contributed by atoms with Crippen LogP contribution < -0.4 is 5.32 Å². The van der Waals surface area contributed by atoms with Gasteiger partial charge in [-0.15, -0.1) is 0 Å². The number of amides is 1. The zero-order valence-corrected chi connectivity index (χ0v) is 14.0. The van der Waals surface area contributed by atoms with Crippen molar-refractivity contribution in [3.63, 3.8) is 0 Å². The van der Waals surface area contributed by atoms with Crippen LogP contribution in [0.4, 0.5) is 5.69 Å². The number of hydrogen-bond acceptors (Lipinski definition) is 4. The van der Waals surface area contributed by atoms with Crippen molar-refractivity contribution in [3.8, 4) is 0 Å². The largest absolute Gasteiger partial charge is 0.466 e. The predicted octanol–water partition coefficient (Wildman–Crippen LogP) is 2.46. The first-order valence-corrected chi connectivity index (χ1v) is 8.41. The van der Waals surface area contributed by atoms with Gasteiger partial charge in [-0.05, 0) is 43.9 Å². The number of ether oxygens (including phenoxy) is 1. The molecule has 5 heteroatoms. The lowest BCUT2D eigenvalue weighted by molar-refractivity contribution is -0.151. The van der Waals surface area contributed by atoms with Gasteiger partial charge in [-0.3, -0.25) is 9.59 Å². The normalized spacial score (nSPS) is 15.3. The number of rotatable bonds is 6. The number of esters is 1. The van der Waals surface area contributed by atoms with Crippen LogP contribution in [0.5, 0.6) is 0 Å². The Hall–Kier alpha value is -2.04. The molecule has 23 heavy (non-hydrogen) atoms. The van der Waals surface area contributed by atoms with Crippen LogP contribution in [0.15, 0.2) is 24.3 Å². The summed E-state index contributed by atoms with van der Waals surface area (Å²) in [4.78, 5) is 25.8. The number of aryl methyl sites for hydroxylation is 1. The minimum atomic E-state index is -0.131. The molecular weight excluding hydrogens is 292 g/mol. The maximum absolute atomic E-state index is 12.2. The molecule has 0 bridgehead atoms. The molecule has 0 saturated carbocycles. The molecule has 1 fully saturated rings. The number of benzene rings is 1. The second-order valence-electron chi connectivity index (χ2n) is 5.81. The molecule has 0 aliphatic carbocycles. The second kappa shape index (κ2) is 8.56. The summed E-state index contributed by atoms with van der Waals surface area (Å²) >= 11 is 0. The van der Waals surface area contributed by atoms with Gasteiger partial charge in [0.25, 0.3) is 0 Å². The Bertz CT molecular complexity index is 520. The maximum atomic E-state index is 12.2. The van der Waals surface area contributed by atoms with E-state index in [1.54, 1.807) is 0 Å². The molecule has 1 aromatic rings. The Kier molecular flexibility index (Phi) is 6.44. The lowest BCUT2D eigenvalue weighted by Crippen LogP contribution is -2.43. The molecular formula is C18H26N2O3. The second-order valence-corrected chi connectivity index (χ2v) is 5.81. The topological polar surface area (TPSA) is 58.6 Å². The third-order valence-electron chi connectivity index (χ3n) is 4.27. The van der Waals surface area contributed by atoms with Crippen molar-refractivity contribution in [1.82, 2.24) is 4.90 Å². The molecule has 0 radical (unpaired) electrons. The predicted molar refractivity (Wildman–Crippen MR) is 90.2 cm³/mol. The molecule has 1 aliphatic heterocycles. The number of likely N-dealkylation sites (tertiary alicyclic amines) is 1. The van der Waals surface area contributed by atoms with Gasteiger partial charge in [0.1, 0.15) is 0 Å². The van der Waals surface area contributed by atoms with E-state index in [2.05, 4.69) is 24.4 Å². The molecule has 0 unspecified atom stereocenters. The Morgan fingerprint density at radius 3 is 2.39 bits per heavy atom. The van der Waals surface area contributed by atoms with E-state index in [0.717, 1.165) is 12.1 Å². The SMILES string of the molecule is CCOC(=O)C1CCN(C(=O)CNc2ccc(CC)cc2)CC1. The zero-order chi connectivity index (χ0) is 16.7. The van der Waals surface area contributed by atoms with E-state index < -0.39 is 0 Å². The Morgan fingerprint density at radius 2 is 1.83 bits per heavy atom. The van der Waals surface area contributed by atoms with E-state index in [9.17, 15) is 9.59 Å².